The molecule has 0 atom stereocenters. The van der Waals surface area contributed by atoms with Crippen LogP contribution in [-0.2, 0) is 10.0 Å². The predicted octanol–water partition coefficient (Wildman–Crippen LogP) is 1.45. The van der Waals surface area contributed by atoms with E-state index >= 15 is 0 Å². The Morgan fingerprint density at radius 2 is 2.17 bits per heavy atom. The van der Waals surface area contributed by atoms with Gasteiger partial charge in [-0.25, -0.2) is 17.9 Å². The van der Waals surface area contributed by atoms with Gasteiger partial charge in [-0.2, -0.15) is 0 Å². The molecule has 1 aromatic carbocycles. The highest BCUT2D eigenvalue weighted by molar-refractivity contribution is 7.89. The SMILES string of the molecule is CCN1C=CC(CNS(=O)(=O)c2ccc(OC)c(C(=O)O)c2)=CC1. The van der Waals surface area contributed by atoms with Gasteiger partial charge < -0.3 is 14.7 Å². The van der Waals surface area contributed by atoms with Gasteiger partial charge in [-0.15, -0.1) is 0 Å². The lowest BCUT2D eigenvalue weighted by Gasteiger charge is -2.20. The number of sulfonamides is 1. The van der Waals surface area contributed by atoms with Gasteiger partial charge >= 0.3 is 5.97 Å². The zero-order valence-corrected chi connectivity index (χ0v) is 14.3. The summed E-state index contributed by atoms with van der Waals surface area (Å²) < 4.78 is 32.1. The molecule has 0 saturated heterocycles. The third-order valence-corrected chi connectivity index (χ3v) is 5.07. The minimum absolute atomic E-state index is 0.110. The minimum atomic E-state index is -3.82. The maximum atomic E-state index is 12.4. The first-order valence-corrected chi connectivity index (χ1v) is 8.88. The summed E-state index contributed by atoms with van der Waals surface area (Å²) in [6, 6.07) is 3.74. The number of aromatic carboxylic acids is 1. The monoisotopic (exact) mass is 352 g/mol. The number of carbonyl (C=O) groups is 1. The van der Waals surface area contributed by atoms with Crippen molar-refractivity contribution in [3.63, 3.8) is 0 Å². The van der Waals surface area contributed by atoms with Crippen LogP contribution < -0.4 is 9.46 Å². The minimum Gasteiger partial charge on any atom is -0.496 e. The van der Waals surface area contributed by atoms with Crippen molar-refractivity contribution in [3.05, 3.63) is 47.7 Å². The van der Waals surface area contributed by atoms with Crippen molar-refractivity contribution in [2.75, 3.05) is 26.7 Å². The first kappa shape index (κ1) is 18.0. The maximum Gasteiger partial charge on any atom is 0.339 e. The lowest BCUT2D eigenvalue weighted by atomic mass is 10.2. The van der Waals surface area contributed by atoms with Crippen molar-refractivity contribution in [2.45, 2.75) is 11.8 Å². The predicted molar refractivity (Wildman–Crippen MR) is 89.6 cm³/mol. The molecule has 0 unspecified atom stereocenters. The molecule has 2 N–H and O–H groups in total. The fourth-order valence-corrected chi connectivity index (χ4v) is 3.26. The van der Waals surface area contributed by atoms with Gasteiger partial charge in [0.2, 0.25) is 10.0 Å². The molecule has 1 aromatic rings. The average molecular weight is 352 g/mol. The van der Waals surface area contributed by atoms with E-state index in [1.165, 1.54) is 19.2 Å². The third kappa shape index (κ3) is 4.15. The number of likely N-dealkylation sites (N-methyl/N-ethyl adjacent to an activating group) is 1. The van der Waals surface area contributed by atoms with Crippen LogP contribution in [0.25, 0.3) is 0 Å². The molecule has 1 aliphatic heterocycles. The summed E-state index contributed by atoms with van der Waals surface area (Å²) in [4.78, 5) is 13.2. The molecule has 2 rings (SSSR count). The van der Waals surface area contributed by atoms with Crippen LogP contribution in [0.2, 0.25) is 0 Å². The van der Waals surface area contributed by atoms with E-state index in [4.69, 9.17) is 9.84 Å². The second-order valence-electron chi connectivity index (χ2n) is 5.17. The Kier molecular flexibility index (Phi) is 5.63. The van der Waals surface area contributed by atoms with E-state index in [2.05, 4.69) is 9.62 Å². The van der Waals surface area contributed by atoms with Gasteiger partial charge in [0.05, 0.1) is 12.0 Å². The number of rotatable bonds is 7. The summed E-state index contributed by atoms with van der Waals surface area (Å²) >= 11 is 0. The second-order valence-corrected chi connectivity index (χ2v) is 6.94. The van der Waals surface area contributed by atoms with Crippen molar-refractivity contribution in [3.8, 4) is 5.75 Å². The highest BCUT2D eigenvalue weighted by Crippen LogP contribution is 2.22. The molecule has 0 amide bonds. The first-order chi connectivity index (χ1) is 11.4. The zero-order chi connectivity index (χ0) is 17.7. The van der Waals surface area contributed by atoms with E-state index in [9.17, 15) is 13.2 Å². The molecule has 0 fully saturated rings. The number of nitrogens with one attached hydrogen (secondary N) is 1. The first-order valence-electron chi connectivity index (χ1n) is 7.39. The Hall–Kier alpha value is -2.32. The third-order valence-electron chi connectivity index (χ3n) is 3.67. The van der Waals surface area contributed by atoms with Crippen LogP contribution in [0.5, 0.6) is 5.75 Å². The number of nitrogens with zero attached hydrogens (tertiary/aromatic N) is 1. The lowest BCUT2D eigenvalue weighted by Crippen LogP contribution is -2.28. The van der Waals surface area contributed by atoms with Crippen LogP contribution in [0.1, 0.15) is 17.3 Å². The highest BCUT2D eigenvalue weighted by Gasteiger charge is 2.19. The number of ether oxygens (including phenoxy) is 1. The molecule has 0 aromatic heterocycles. The Morgan fingerprint density at radius 3 is 2.71 bits per heavy atom. The number of carboxylic acid groups (broad SMARTS) is 1. The number of hydrogen-bond donors (Lipinski definition) is 2. The smallest absolute Gasteiger partial charge is 0.339 e. The summed E-state index contributed by atoms with van der Waals surface area (Å²) in [6.07, 6.45) is 5.72. The van der Waals surface area contributed by atoms with Crippen molar-refractivity contribution >= 4 is 16.0 Å². The Morgan fingerprint density at radius 1 is 1.42 bits per heavy atom. The Balaban J connectivity index is 2.14. The molecular formula is C16H20N2O5S. The van der Waals surface area contributed by atoms with E-state index in [1.807, 2.05) is 25.3 Å². The maximum absolute atomic E-state index is 12.4. The van der Waals surface area contributed by atoms with E-state index in [0.717, 1.165) is 24.7 Å². The average Bonchev–Trinajstić information content (AvgIpc) is 2.59. The van der Waals surface area contributed by atoms with Crippen LogP contribution in [0.15, 0.2) is 47.0 Å². The molecule has 0 radical (unpaired) electrons. The molecule has 130 valence electrons. The van der Waals surface area contributed by atoms with Crippen molar-refractivity contribution in [1.82, 2.24) is 9.62 Å². The number of methoxy groups -OCH3 is 1. The van der Waals surface area contributed by atoms with Gasteiger partial charge in [0.25, 0.3) is 0 Å². The summed E-state index contributed by atoms with van der Waals surface area (Å²) in [5.74, 6) is -1.14. The fourth-order valence-electron chi connectivity index (χ4n) is 2.21. The van der Waals surface area contributed by atoms with E-state index in [-0.39, 0.29) is 22.8 Å². The molecule has 0 spiro atoms. The number of benzene rings is 1. The molecular weight excluding hydrogens is 332 g/mol. The Bertz CT molecular complexity index is 784. The van der Waals surface area contributed by atoms with Crippen LogP contribution in [-0.4, -0.2) is 51.1 Å². The molecule has 1 aliphatic rings. The summed E-state index contributed by atoms with van der Waals surface area (Å²) in [5, 5.41) is 9.15. The van der Waals surface area contributed by atoms with E-state index in [0.29, 0.717) is 0 Å². The molecule has 0 bridgehead atoms. The lowest BCUT2D eigenvalue weighted by molar-refractivity contribution is 0.0693. The summed E-state index contributed by atoms with van der Waals surface area (Å²) in [5.41, 5.74) is 0.658. The number of hydrogen-bond acceptors (Lipinski definition) is 5. The molecule has 24 heavy (non-hydrogen) atoms. The quantitative estimate of drug-likeness (QED) is 0.771. The van der Waals surface area contributed by atoms with Gasteiger partial charge in [0.15, 0.2) is 0 Å². The second kappa shape index (κ2) is 7.50. The molecule has 7 nitrogen and oxygen atoms in total. The van der Waals surface area contributed by atoms with E-state index < -0.39 is 16.0 Å². The number of carboxylic acids is 1. The largest absolute Gasteiger partial charge is 0.496 e. The fraction of sp³-hybridized carbons (Fsp3) is 0.312. The summed E-state index contributed by atoms with van der Waals surface area (Å²) in [7, 11) is -2.49. The highest BCUT2D eigenvalue weighted by atomic mass is 32.2. The van der Waals surface area contributed by atoms with Gasteiger partial charge in [-0.05, 0) is 43.0 Å². The summed E-state index contributed by atoms with van der Waals surface area (Å²) in [6.45, 7) is 3.80. The topological polar surface area (TPSA) is 95.9 Å². The van der Waals surface area contributed by atoms with Crippen LogP contribution in [0.4, 0.5) is 0 Å². The molecule has 1 heterocycles. The van der Waals surface area contributed by atoms with E-state index in [1.54, 1.807) is 0 Å². The zero-order valence-electron chi connectivity index (χ0n) is 13.5. The molecule has 0 aliphatic carbocycles. The van der Waals surface area contributed by atoms with Crippen molar-refractivity contribution < 1.29 is 23.1 Å². The van der Waals surface area contributed by atoms with Gasteiger partial charge in [-0.1, -0.05) is 6.08 Å². The molecule has 8 heteroatoms. The van der Waals surface area contributed by atoms with Crippen LogP contribution in [0, 0.1) is 0 Å². The standard InChI is InChI=1S/C16H20N2O5S/c1-3-18-8-6-12(7-9-18)11-17-24(21,22)13-4-5-15(23-2)14(10-13)16(19)20/h4-8,10,17H,3,9,11H2,1-2H3,(H,19,20). The van der Waals surface area contributed by atoms with Gasteiger partial charge in [0, 0.05) is 19.6 Å². The van der Waals surface area contributed by atoms with Crippen LogP contribution >= 0.6 is 0 Å². The van der Waals surface area contributed by atoms with Gasteiger partial charge in [-0.3, -0.25) is 0 Å². The molecule has 0 saturated carbocycles. The Labute approximate surface area is 141 Å². The van der Waals surface area contributed by atoms with Crippen LogP contribution in [0.3, 0.4) is 0 Å². The normalized spacial score (nSPS) is 14.4. The van der Waals surface area contributed by atoms with Gasteiger partial charge in [0.1, 0.15) is 11.3 Å². The van der Waals surface area contributed by atoms with Crippen molar-refractivity contribution in [1.29, 1.82) is 0 Å². The van der Waals surface area contributed by atoms with Crippen molar-refractivity contribution in [2.24, 2.45) is 0 Å².